The normalized spacial score (nSPS) is 10.5. The lowest BCUT2D eigenvalue weighted by molar-refractivity contribution is 0.705. The highest BCUT2D eigenvalue weighted by atomic mass is 15.1. The molecule has 0 radical (unpaired) electrons. The fourth-order valence-electron chi connectivity index (χ4n) is 1.83. The van der Waals surface area contributed by atoms with Crippen LogP contribution in [0.3, 0.4) is 0 Å². The Labute approximate surface area is 105 Å². The summed E-state index contributed by atoms with van der Waals surface area (Å²) in [5, 5.41) is 3.31. The molecule has 0 saturated heterocycles. The fraction of sp³-hybridized carbons (Fsp3) is 0.643. The van der Waals surface area contributed by atoms with Crippen molar-refractivity contribution in [1.82, 2.24) is 10.3 Å². The molecule has 1 N–H and O–H groups in total. The van der Waals surface area contributed by atoms with Gasteiger partial charge in [-0.05, 0) is 32.0 Å². The van der Waals surface area contributed by atoms with Crippen LogP contribution in [0.4, 0.5) is 5.69 Å². The molecule has 0 aliphatic rings. The number of pyridine rings is 1. The molecule has 0 unspecified atom stereocenters. The van der Waals surface area contributed by atoms with Crippen LogP contribution in [0.5, 0.6) is 0 Å². The molecule has 0 atom stereocenters. The van der Waals surface area contributed by atoms with Gasteiger partial charge in [-0.3, -0.25) is 4.98 Å². The van der Waals surface area contributed by atoms with Crippen LogP contribution < -0.4 is 10.2 Å². The largest absolute Gasteiger partial charge is 0.372 e. The van der Waals surface area contributed by atoms with E-state index in [1.165, 1.54) is 18.5 Å². The maximum absolute atomic E-state index is 4.38. The molecule has 0 fully saturated rings. The van der Waals surface area contributed by atoms with Gasteiger partial charge in [0.25, 0.3) is 0 Å². The number of anilines is 1. The third kappa shape index (κ3) is 4.73. The molecule has 96 valence electrons. The Balaban J connectivity index is 2.66. The Morgan fingerprint density at radius 2 is 2.12 bits per heavy atom. The predicted octanol–water partition coefficient (Wildman–Crippen LogP) is 2.82. The van der Waals surface area contributed by atoms with Gasteiger partial charge in [-0.2, -0.15) is 0 Å². The van der Waals surface area contributed by atoms with Crippen molar-refractivity contribution < 1.29 is 0 Å². The zero-order valence-electron chi connectivity index (χ0n) is 11.4. The van der Waals surface area contributed by atoms with E-state index in [1.54, 1.807) is 0 Å². The van der Waals surface area contributed by atoms with Crippen molar-refractivity contribution in [3.05, 3.63) is 24.0 Å². The summed E-state index contributed by atoms with van der Waals surface area (Å²) in [4.78, 5) is 6.80. The SMILES string of the molecule is CCCCN(CC)c1ccnc(CNCC)c1. The van der Waals surface area contributed by atoms with Crippen molar-refractivity contribution in [2.75, 3.05) is 24.5 Å². The van der Waals surface area contributed by atoms with Crippen molar-refractivity contribution >= 4 is 5.69 Å². The summed E-state index contributed by atoms with van der Waals surface area (Å²) in [6.07, 6.45) is 4.40. The summed E-state index contributed by atoms with van der Waals surface area (Å²) in [5.74, 6) is 0. The summed E-state index contributed by atoms with van der Waals surface area (Å²) < 4.78 is 0. The zero-order valence-corrected chi connectivity index (χ0v) is 11.4. The van der Waals surface area contributed by atoms with E-state index in [0.29, 0.717) is 0 Å². The van der Waals surface area contributed by atoms with Crippen molar-refractivity contribution in [2.45, 2.75) is 40.2 Å². The molecule has 0 aromatic carbocycles. The first kappa shape index (κ1) is 14.0. The van der Waals surface area contributed by atoms with Gasteiger partial charge in [-0.1, -0.05) is 20.3 Å². The van der Waals surface area contributed by atoms with E-state index in [9.17, 15) is 0 Å². The van der Waals surface area contributed by atoms with Crippen LogP contribution in [-0.4, -0.2) is 24.6 Å². The first-order valence-electron chi connectivity index (χ1n) is 6.72. The number of nitrogens with one attached hydrogen (secondary N) is 1. The van der Waals surface area contributed by atoms with Crippen molar-refractivity contribution in [3.63, 3.8) is 0 Å². The van der Waals surface area contributed by atoms with E-state index >= 15 is 0 Å². The van der Waals surface area contributed by atoms with Gasteiger partial charge >= 0.3 is 0 Å². The molecule has 0 aliphatic carbocycles. The standard InChI is InChI=1S/C14H25N3/c1-4-7-10-17(6-3)14-8-9-16-13(11-14)12-15-5-2/h8-9,11,15H,4-7,10,12H2,1-3H3. The number of nitrogens with zero attached hydrogens (tertiary/aromatic N) is 2. The minimum absolute atomic E-state index is 0.857. The second kappa shape index (κ2) is 8.07. The van der Waals surface area contributed by atoms with E-state index in [2.05, 4.69) is 48.1 Å². The summed E-state index contributed by atoms with van der Waals surface area (Å²) >= 11 is 0. The van der Waals surface area contributed by atoms with Gasteiger partial charge in [0.05, 0.1) is 5.69 Å². The maximum Gasteiger partial charge on any atom is 0.0562 e. The Bertz CT molecular complexity index is 312. The molecular weight excluding hydrogens is 210 g/mol. The van der Waals surface area contributed by atoms with Crippen LogP contribution in [0.15, 0.2) is 18.3 Å². The van der Waals surface area contributed by atoms with Crippen LogP contribution in [0, 0.1) is 0 Å². The molecule has 3 nitrogen and oxygen atoms in total. The Morgan fingerprint density at radius 1 is 1.29 bits per heavy atom. The first-order chi connectivity index (χ1) is 8.31. The minimum atomic E-state index is 0.857. The Morgan fingerprint density at radius 3 is 2.76 bits per heavy atom. The Kier molecular flexibility index (Phi) is 6.63. The molecule has 0 amide bonds. The van der Waals surface area contributed by atoms with E-state index < -0.39 is 0 Å². The monoisotopic (exact) mass is 235 g/mol. The van der Waals surface area contributed by atoms with Crippen molar-refractivity contribution in [3.8, 4) is 0 Å². The summed E-state index contributed by atoms with van der Waals surface area (Å²) in [5.41, 5.74) is 2.42. The van der Waals surface area contributed by atoms with Gasteiger partial charge in [0.15, 0.2) is 0 Å². The van der Waals surface area contributed by atoms with Crippen LogP contribution >= 0.6 is 0 Å². The smallest absolute Gasteiger partial charge is 0.0562 e. The lowest BCUT2D eigenvalue weighted by Gasteiger charge is -2.23. The van der Waals surface area contributed by atoms with E-state index in [4.69, 9.17) is 0 Å². The summed E-state index contributed by atoms with van der Waals surface area (Å²) in [6.45, 7) is 10.6. The van der Waals surface area contributed by atoms with Gasteiger partial charge < -0.3 is 10.2 Å². The second-order valence-electron chi connectivity index (χ2n) is 4.22. The van der Waals surface area contributed by atoms with Crippen LogP contribution in [0.1, 0.15) is 39.3 Å². The van der Waals surface area contributed by atoms with Crippen LogP contribution in [0.2, 0.25) is 0 Å². The topological polar surface area (TPSA) is 28.2 Å². The zero-order chi connectivity index (χ0) is 12.5. The van der Waals surface area contributed by atoms with Gasteiger partial charge in [0.2, 0.25) is 0 Å². The number of aromatic nitrogens is 1. The Hall–Kier alpha value is -1.09. The quantitative estimate of drug-likeness (QED) is 0.751. The average Bonchev–Trinajstić information content (AvgIpc) is 2.38. The third-order valence-electron chi connectivity index (χ3n) is 2.88. The third-order valence-corrected chi connectivity index (χ3v) is 2.88. The van der Waals surface area contributed by atoms with E-state index in [0.717, 1.165) is 31.9 Å². The minimum Gasteiger partial charge on any atom is -0.372 e. The van der Waals surface area contributed by atoms with Crippen LogP contribution in [-0.2, 0) is 6.54 Å². The van der Waals surface area contributed by atoms with Gasteiger partial charge in [0, 0.05) is 31.5 Å². The summed E-state index contributed by atoms with van der Waals surface area (Å²) in [6, 6.07) is 4.30. The number of hydrogen-bond acceptors (Lipinski definition) is 3. The number of unbranched alkanes of at least 4 members (excludes halogenated alkanes) is 1. The number of rotatable bonds is 8. The van der Waals surface area contributed by atoms with E-state index in [1.807, 2.05) is 6.20 Å². The highest BCUT2D eigenvalue weighted by molar-refractivity contribution is 5.46. The maximum atomic E-state index is 4.38. The second-order valence-corrected chi connectivity index (χ2v) is 4.22. The lowest BCUT2D eigenvalue weighted by Crippen LogP contribution is -2.24. The molecule has 0 aliphatic heterocycles. The highest BCUT2D eigenvalue weighted by Gasteiger charge is 2.04. The molecular formula is C14H25N3. The van der Waals surface area contributed by atoms with Gasteiger partial charge in [0.1, 0.15) is 0 Å². The molecule has 1 heterocycles. The molecule has 1 aromatic heterocycles. The first-order valence-corrected chi connectivity index (χ1v) is 6.72. The highest BCUT2D eigenvalue weighted by Crippen LogP contribution is 2.15. The van der Waals surface area contributed by atoms with Gasteiger partial charge in [-0.15, -0.1) is 0 Å². The molecule has 1 rings (SSSR count). The molecule has 3 heteroatoms. The lowest BCUT2D eigenvalue weighted by atomic mass is 10.2. The molecule has 1 aromatic rings. The van der Waals surface area contributed by atoms with Crippen molar-refractivity contribution in [1.29, 1.82) is 0 Å². The average molecular weight is 235 g/mol. The van der Waals surface area contributed by atoms with E-state index in [-0.39, 0.29) is 0 Å². The van der Waals surface area contributed by atoms with Crippen molar-refractivity contribution in [2.24, 2.45) is 0 Å². The fourth-order valence-corrected chi connectivity index (χ4v) is 1.83. The van der Waals surface area contributed by atoms with Crippen LogP contribution in [0.25, 0.3) is 0 Å². The molecule has 0 spiro atoms. The van der Waals surface area contributed by atoms with Gasteiger partial charge in [-0.25, -0.2) is 0 Å². The molecule has 17 heavy (non-hydrogen) atoms. The predicted molar refractivity (Wildman–Crippen MR) is 74.4 cm³/mol. The molecule has 0 bridgehead atoms. The number of hydrogen-bond donors (Lipinski definition) is 1. The summed E-state index contributed by atoms with van der Waals surface area (Å²) in [7, 11) is 0. The molecule has 0 saturated carbocycles.